The molecule has 40 heavy (non-hydrogen) atoms. The molecule has 0 radical (unpaired) electrons. The van der Waals surface area contributed by atoms with Gasteiger partial charge in [0.25, 0.3) is 0 Å². The summed E-state index contributed by atoms with van der Waals surface area (Å²) in [4.78, 5) is 19.3. The first kappa shape index (κ1) is 27.0. The number of fused-ring (bicyclic) bond motifs is 3. The Hall–Kier alpha value is -3.16. The Bertz CT molecular complexity index is 1520. The third-order valence-corrected chi connectivity index (χ3v) is 10.0. The smallest absolute Gasteiger partial charge is 0.193 e. The molecule has 0 atom stereocenters. The summed E-state index contributed by atoms with van der Waals surface area (Å²) >= 11 is 0. The van der Waals surface area contributed by atoms with Crippen LogP contribution in [0.5, 0.6) is 0 Å². The van der Waals surface area contributed by atoms with E-state index in [4.69, 9.17) is 4.74 Å². The van der Waals surface area contributed by atoms with Gasteiger partial charge in [-0.1, -0.05) is 45.5 Å². The fraction of sp³-hybridized carbons (Fsp3) is 0.471. The third-order valence-electron chi connectivity index (χ3n) is 9.15. The van der Waals surface area contributed by atoms with Crippen LogP contribution in [0, 0.1) is 22.8 Å². The van der Waals surface area contributed by atoms with Gasteiger partial charge in [0.1, 0.15) is 8.07 Å². The van der Waals surface area contributed by atoms with E-state index >= 15 is 0 Å². The van der Waals surface area contributed by atoms with Gasteiger partial charge in [-0.2, -0.15) is 5.26 Å². The van der Waals surface area contributed by atoms with Crippen molar-refractivity contribution in [3.63, 3.8) is 0 Å². The fourth-order valence-electron chi connectivity index (χ4n) is 6.91. The Kier molecular flexibility index (Phi) is 6.78. The van der Waals surface area contributed by atoms with Gasteiger partial charge in [0.05, 0.1) is 30.5 Å². The summed E-state index contributed by atoms with van der Waals surface area (Å²) in [5.74, 6) is 3.65. The molecular weight excluding hydrogens is 510 g/mol. The Balaban J connectivity index is 1.40. The van der Waals surface area contributed by atoms with Crippen LogP contribution in [0.4, 0.5) is 5.69 Å². The van der Waals surface area contributed by atoms with E-state index in [2.05, 4.69) is 73.0 Å². The summed E-state index contributed by atoms with van der Waals surface area (Å²) in [5.41, 5.74) is 12.1. The van der Waals surface area contributed by atoms with Gasteiger partial charge in [-0.25, -0.2) is 0 Å². The molecule has 0 amide bonds. The van der Waals surface area contributed by atoms with Crippen molar-refractivity contribution in [3.8, 4) is 17.5 Å². The quantitative estimate of drug-likeness (QED) is 0.362. The largest absolute Gasteiger partial charge is 0.379 e. The molecule has 5 nitrogen and oxygen atoms in total. The molecule has 2 heterocycles. The molecule has 6 heteroatoms. The van der Waals surface area contributed by atoms with E-state index in [9.17, 15) is 10.1 Å². The Morgan fingerprint density at radius 1 is 1.00 bits per heavy atom. The summed E-state index contributed by atoms with van der Waals surface area (Å²) in [5, 5.41) is 9.45. The van der Waals surface area contributed by atoms with Crippen LogP contribution in [0.2, 0.25) is 19.6 Å². The number of nitriles is 1. The number of allylic oxidation sites excluding steroid dienone is 2. The number of morpholine rings is 1. The van der Waals surface area contributed by atoms with Crippen LogP contribution in [-0.4, -0.2) is 64.2 Å². The van der Waals surface area contributed by atoms with Gasteiger partial charge in [0, 0.05) is 54.3 Å². The lowest BCUT2D eigenvalue weighted by molar-refractivity contribution is 0.0115. The second kappa shape index (κ2) is 10.0. The number of ketones is 1. The van der Waals surface area contributed by atoms with Gasteiger partial charge in [0.2, 0.25) is 0 Å². The lowest BCUT2D eigenvalue weighted by Crippen LogP contribution is -2.49. The molecule has 2 fully saturated rings. The van der Waals surface area contributed by atoms with Crippen LogP contribution >= 0.6 is 0 Å². The number of carbonyl (C=O) groups is 1. The van der Waals surface area contributed by atoms with Gasteiger partial charge in [-0.3, -0.25) is 9.69 Å². The maximum atomic E-state index is 14.2. The minimum Gasteiger partial charge on any atom is -0.379 e. The molecule has 2 aromatic carbocycles. The lowest BCUT2D eigenvalue weighted by Gasteiger charge is -2.42. The monoisotopic (exact) mass is 549 g/mol. The molecule has 2 aliphatic heterocycles. The van der Waals surface area contributed by atoms with Crippen molar-refractivity contribution in [1.82, 2.24) is 4.90 Å². The predicted molar refractivity (Wildman–Crippen MR) is 163 cm³/mol. The van der Waals surface area contributed by atoms with Crippen LogP contribution in [0.3, 0.4) is 0 Å². The minimum absolute atomic E-state index is 0.0985. The van der Waals surface area contributed by atoms with Gasteiger partial charge in [-0.15, -0.1) is 5.54 Å². The van der Waals surface area contributed by atoms with Crippen molar-refractivity contribution in [1.29, 1.82) is 5.26 Å². The topological polar surface area (TPSA) is 56.6 Å². The Morgan fingerprint density at radius 3 is 2.40 bits per heavy atom. The van der Waals surface area contributed by atoms with Crippen LogP contribution in [0.25, 0.3) is 5.57 Å². The zero-order valence-corrected chi connectivity index (χ0v) is 25.5. The lowest BCUT2D eigenvalue weighted by atomic mass is 9.68. The molecule has 2 aromatic rings. The highest BCUT2D eigenvalue weighted by Gasteiger charge is 2.43. The van der Waals surface area contributed by atoms with Gasteiger partial charge >= 0.3 is 0 Å². The first-order valence-corrected chi connectivity index (χ1v) is 18.2. The Morgan fingerprint density at radius 2 is 1.73 bits per heavy atom. The molecule has 2 saturated heterocycles. The molecule has 0 N–H and O–H groups in total. The maximum Gasteiger partial charge on any atom is 0.193 e. The average Bonchev–Trinajstić information content (AvgIpc) is 3.35. The van der Waals surface area contributed by atoms with Gasteiger partial charge in [0.15, 0.2) is 5.78 Å². The van der Waals surface area contributed by atoms with Crippen LogP contribution in [0.15, 0.2) is 35.9 Å². The van der Waals surface area contributed by atoms with Crippen molar-refractivity contribution in [2.75, 3.05) is 44.3 Å². The second-order valence-electron chi connectivity index (χ2n) is 13.2. The summed E-state index contributed by atoms with van der Waals surface area (Å²) in [7, 11) is -1.62. The number of Topliss-reactive ketones (excluding diaryl/α,β-unsaturated/α-hetero) is 1. The molecule has 2 aliphatic carbocycles. The third kappa shape index (κ3) is 4.73. The van der Waals surface area contributed by atoms with Gasteiger partial charge < -0.3 is 9.64 Å². The summed E-state index contributed by atoms with van der Waals surface area (Å²) in [6.07, 6.45) is 2.98. The van der Waals surface area contributed by atoms with E-state index in [0.29, 0.717) is 11.6 Å². The SMILES string of the molecule is CC1(C)C2=C(C(=O)c3cc(C#C[Si](C)(C)C)c(N4CCC(N5CCOCC5)CC4)cc31)c1ccc(C#N)cc1C2. The van der Waals surface area contributed by atoms with E-state index < -0.39 is 8.07 Å². The molecule has 0 spiro atoms. The van der Waals surface area contributed by atoms with Crippen molar-refractivity contribution in [3.05, 3.63) is 69.3 Å². The summed E-state index contributed by atoms with van der Waals surface area (Å²) in [6, 6.07) is 13.0. The molecular formula is C34H39N3O2Si. The normalized spacial score (nSPS) is 20.8. The highest BCUT2D eigenvalue weighted by molar-refractivity contribution is 6.83. The summed E-state index contributed by atoms with van der Waals surface area (Å²) < 4.78 is 5.58. The first-order valence-electron chi connectivity index (χ1n) is 14.7. The summed E-state index contributed by atoms with van der Waals surface area (Å²) in [6.45, 7) is 17.0. The standard InChI is InChI=1S/C34H39N3O2Si/c1-34(2)29-21-31(37-11-8-26(9-12-37)36-13-15-39-16-14-36)24(10-17-40(3,4)5)19-28(29)33(38)32-27-7-6-23(22-35)18-25(27)20-30(32)34/h6-7,18-19,21,26H,8-9,11-16,20H2,1-5H3. The van der Waals surface area contributed by atoms with E-state index in [1.165, 1.54) is 11.3 Å². The molecule has 0 unspecified atom stereocenters. The number of hydrogen-bond donors (Lipinski definition) is 0. The highest BCUT2D eigenvalue weighted by atomic mass is 28.3. The maximum absolute atomic E-state index is 14.2. The number of anilines is 1. The van der Waals surface area contributed by atoms with Crippen LogP contribution in [-0.2, 0) is 16.6 Å². The molecule has 0 bridgehead atoms. The number of ether oxygens (including phenoxy) is 1. The average molecular weight is 550 g/mol. The number of piperidine rings is 1. The number of rotatable bonds is 2. The number of hydrogen-bond acceptors (Lipinski definition) is 5. The molecule has 4 aliphatic rings. The van der Waals surface area contributed by atoms with E-state index in [-0.39, 0.29) is 11.2 Å². The number of carbonyl (C=O) groups excluding carboxylic acids is 1. The van der Waals surface area contributed by atoms with E-state index in [0.717, 1.165) is 92.0 Å². The zero-order chi connectivity index (χ0) is 28.2. The molecule has 206 valence electrons. The fourth-order valence-corrected chi connectivity index (χ4v) is 7.42. The van der Waals surface area contributed by atoms with Crippen molar-refractivity contribution < 1.29 is 9.53 Å². The number of benzene rings is 2. The van der Waals surface area contributed by atoms with E-state index in [1.54, 1.807) is 0 Å². The predicted octanol–water partition coefficient (Wildman–Crippen LogP) is 5.57. The van der Waals surface area contributed by atoms with Crippen LogP contribution in [0.1, 0.15) is 64.9 Å². The van der Waals surface area contributed by atoms with Crippen LogP contribution < -0.4 is 4.90 Å². The molecule has 0 aromatic heterocycles. The van der Waals surface area contributed by atoms with Gasteiger partial charge in [-0.05, 0) is 65.8 Å². The minimum atomic E-state index is -1.62. The highest BCUT2D eigenvalue weighted by Crippen LogP contribution is 2.51. The Labute approximate surface area is 239 Å². The second-order valence-corrected chi connectivity index (χ2v) is 18.0. The molecule has 0 saturated carbocycles. The zero-order valence-electron chi connectivity index (χ0n) is 24.5. The van der Waals surface area contributed by atoms with E-state index in [1.807, 2.05) is 18.2 Å². The van der Waals surface area contributed by atoms with Crippen molar-refractivity contribution >= 4 is 25.1 Å². The first-order chi connectivity index (χ1) is 19.1. The molecule has 6 rings (SSSR count). The van der Waals surface area contributed by atoms with Crippen molar-refractivity contribution in [2.24, 2.45) is 0 Å². The van der Waals surface area contributed by atoms with Crippen molar-refractivity contribution in [2.45, 2.75) is 64.2 Å². The number of nitrogens with zero attached hydrogens (tertiary/aromatic N) is 3.